The molecule has 0 atom stereocenters. The summed E-state index contributed by atoms with van der Waals surface area (Å²) in [5, 5.41) is 0. The lowest BCUT2D eigenvalue weighted by Gasteiger charge is -2.34. The maximum Gasteiger partial charge on any atom is 0.225 e. The Morgan fingerprint density at radius 3 is 2.29 bits per heavy atom. The molecular formula is C19H24N4O. The van der Waals surface area contributed by atoms with Crippen molar-refractivity contribution in [3.05, 3.63) is 30.0 Å². The quantitative estimate of drug-likeness (QED) is 0.852. The number of carbonyl (C=O) groups is 1. The zero-order valence-corrected chi connectivity index (χ0v) is 14.2. The van der Waals surface area contributed by atoms with E-state index in [-0.39, 0.29) is 5.92 Å². The van der Waals surface area contributed by atoms with Crippen LogP contribution in [0.15, 0.2) is 24.3 Å². The molecule has 2 aliphatic heterocycles. The SMILES string of the molecule is Cc1nc2ccccc2nc1N1CCC(C(=O)N2CCCC2)CC1. The van der Waals surface area contributed by atoms with E-state index in [1.165, 1.54) is 0 Å². The Morgan fingerprint density at radius 1 is 1.00 bits per heavy atom. The Hall–Kier alpha value is -2.17. The Labute approximate surface area is 142 Å². The number of aryl methyl sites for hydroxylation is 1. The zero-order chi connectivity index (χ0) is 16.5. The molecule has 1 aromatic heterocycles. The Balaban J connectivity index is 1.47. The highest BCUT2D eigenvalue weighted by molar-refractivity contribution is 5.80. The normalized spacial score (nSPS) is 19.2. The summed E-state index contributed by atoms with van der Waals surface area (Å²) in [5.74, 6) is 1.53. The third kappa shape index (κ3) is 2.83. The van der Waals surface area contributed by atoms with E-state index in [4.69, 9.17) is 4.98 Å². The number of carbonyl (C=O) groups excluding carboxylic acids is 1. The number of nitrogens with zero attached hydrogens (tertiary/aromatic N) is 4. The van der Waals surface area contributed by atoms with Crippen molar-refractivity contribution < 1.29 is 4.79 Å². The molecule has 2 aliphatic rings. The molecule has 0 spiro atoms. The first-order chi connectivity index (χ1) is 11.7. The van der Waals surface area contributed by atoms with Gasteiger partial charge in [-0.1, -0.05) is 12.1 Å². The minimum Gasteiger partial charge on any atom is -0.355 e. The summed E-state index contributed by atoms with van der Waals surface area (Å²) in [5.41, 5.74) is 2.85. The van der Waals surface area contributed by atoms with Gasteiger partial charge in [-0.05, 0) is 44.7 Å². The van der Waals surface area contributed by atoms with Crippen molar-refractivity contribution in [1.29, 1.82) is 0 Å². The van der Waals surface area contributed by atoms with Gasteiger partial charge in [-0.3, -0.25) is 4.79 Å². The summed E-state index contributed by atoms with van der Waals surface area (Å²) in [6.07, 6.45) is 4.17. The van der Waals surface area contributed by atoms with Gasteiger partial charge in [0.05, 0.1) is 16.7 Å². The third-order valence-electron chi connectivity index (χ3n) is 5.28. The van der Waals surface area contributed by atoms with Crippen LogP contribution in [0.4, 0.5) is 5.82 Å². The second kappa shape index (κ2) is 6.38. The number of hydrogen-bond acceptors (Lipinski definition) is 4. The highest BCUT2D eigenvalue weighted by Crippen LogP contribution is 2.27. The lowest BCUT2D eigenvalue weighted by atomic mass is 9.95. The fourth-order valence-electron chi connectivity index (χ4n) is 3.91. The van der Waals surface area contributed by atoms with Crippen molar-refractivity contribution in [2.24, 2.45) is 5.92 Å². The molecule has 0 bridgehead atoms. The van der Waals surface area contributed by atoms with Crippen LogP contribution in [-0.4, -0.2) is 47.0 Å². The topological polar surface area (TPSA) is 49.3 Å². The Morgan fingerprint density at radius 2 is 1.62 bits per heavy atom. The molecule has 2 fully saturated rings. The van der Waals surface area contributed by atoms with Gasteiger partial charge in [0.2, 0.25) is 5.91 Å². The van der Waals surface area contributed by atoms with Crippen molar-refractivity contribution >= 4 is 22.8 Å². The molecule has 0 unspecified atom stereocenters. The summed E-state index contributed by atoms with van der Waals surface area (Å²) in [6.45, 7) is 5.70. The highest BCUT2D eigenvalue weighted by Gasteiger charge is 2.30. The molecular weight excluding hydrogens is 300 g/mol. The van der Waals surface area contributed by atoms with Crippen LogP contribution < -0.4 is 4.90 Å². The molecule has 5 heteroatoms. The van der Waals surface area contributed by atoms with Gasteiger partial charge in [0, 0.05) is 32.1 Å². The molecule has 0 saturated carbocycles. The van der Waals surface area contributed by atoms with Crippen LogP contribution >= 0.6 is 0 Å². The molecule has 1 amide bonds. The standard InChI is InChI=1S/C19H24N4O/c1-14-18(21-17-7-3-2-6-16(17)20-14)22-12-8-15(9-13-22)19(24)23-10-4-5-11-23/h2-3,6-7,15H,4-5,8-13H2,1H3. The second-order valence-corrected chi connectivity index (χ2v) is 6.92. The number of hydrogen-bond donors (Lipinski definition) is 0. The van der Waals surface area contributed by atoms with E-state index in [9.17, 15) is 4.79 Å². The van der Waals surface area contributed by atoms with E-state index in [1.807, 2.05) is 31.2 Å². The summed E-state index contributed by atoms with van der Waals surface area (Å²) in [7, 11) is 0. The van der Waals surface area contributed by atoms with E-state index >= 15 is 0 Å². The van der Waals surface area contributed by atoms with Gasteiger partial charge < -0.3 is 9.80 Å². The maximum absolute atomic E-state index is 12.6. The maximum atomic E-state index is 12.6. The van der Waals surface area contributed by atoms with Gasteiger partial charge in [0.25, 0.3) is 0 Å². The average molecular weight is 324 g/mol. The van der Waals surface area contributed by atoms with Gasteiger partial charge in [-0.2, -0.15) is 0 Å². The minimum atomic E-state index is 0.188. The highest BCUT2D eigenvalue weighted by atomic mass is 16.2. The fraction of sp³-hybridized carbons (Fsp3) is 0.526. The summed E-state index contributed by atoms with van der Waals surface area (Å²) in [6, 6.07) is 8.00. The van der Waals surface area contributed by atoms with E-state index in [0.717, 1.165) is 74.4 Å². The predicted molar refractivity (Wildman–Crippen MR) is 95.0 cm³/mol. The Bertz CT molecular complexity index is 746. The van der Waals surface area contributed by atoms with Gasteiger partial charge in [0.1, 0.15) is 0 Å². The molecule has 126 valence electrons. The first-order valence-electron chi connectivity index (χ1n) is 8.99. The van der Waals surface area contributed by atoms with E-state index in [0.29, 0.717) is 5.91 Å². The van der Waals surface area contributed by atoms with Crippen molar-refractivity contribution in [1.82, 2.24) is 14.9 Å². The molecule has 0 aliphatic carbocycles. The minimum absolute atomic E-state index is 0.188. The number of aromatic nitrogens is 2. The van der Waals surface area contributed by atoms with Crippen LogP contribution in [0.1, 0.15) is 31.4 Å². The number of amides is 1. The van der Waals surface area contributed by atoms with Crippen LogP contribution in [0.5, 0.6) is 0 Å². The van der Waals surface area contributed by atoms with Crippen LogP contribution in [0, 0.1) is 12.8 Å². The number of para-hydroxylation sites is 2. The first kappa shape index (κ1) is 15.4. The molecule has 4 rings (SSSR count). The third-order valence-corrected chi connectivity index (χ3v) is 5.28. The van der Waals surface area contributed by atoms with Gasteiger partial charge in [-0.25, -0.2) is 9.97 Å². The van der Waals surface area contributed by atoms with Crippen molar-refractivity contribution in [3.8, 4) is 0 Å². The first-order valence-corrected chi connectivity index (χ1v) is 8.99. The predicted octanol–water partition coefficient (Wildman–Crippen LogP) is 2.78. The smallest absolute Gasteiger partial charge is 0.225 e. The van der Waals surface area contributed by atoms with Crippen molar-refractivity contribution in [2.45, 2.75) is 32.6 Å². The van der Waals surface area contributed by atoms with Crippen molar-refractivity contribution in [3.63, 3.8) is 0 Å². The van der Waals surface area contributed by atoms with Crippen LogP contribution in [0.3, 0.4) is 0 Å². The van der Waals surface area contributed by atoms with Crippen LogP contribution in [-0.2, 0) is 4.79 Å². The monoisotopic (exact) mass is 324 g/mol. The van der Waals surface area contributed by atoms with E-state index < -0.39 is 0 Å². The van der Waals surface area contributed by atoms with Crippen molar-refractivity contribution in [2.75, 3.05) is 31.1 Å². The van der Waals surface area contributed by atoms with Crippen LogP contribution in [0.2, 0.25) is 0 Å². The van der Waals surface area contributed by atoms with Gasteiger partial charge in [-0.15, -0.1) is 0 Å². The number of likely N-dealkylation sites (tertiary alicyclic amines) is 1. The molecule has 2 saturated heterocycles. The molecule has 1 aromatic carbocycles. The lowest BCUT2D eigenvalue weighted by Crippen LogP contribution is -2.42. The molecule has 3 heterocycles. The Kier molecular flexibility index (Phi) is 4.08. The second-order valence-electron chi connectivity index (χ2n) is 6.92. The van der Waals surface area contributed by atoms with Gasteiger partial charge >= 0.3 is 0 Å². The number of anilines is 1. The van der Waals surface area contributed by atoms with E-state index in [2.05, 4.69) is 14.8 Å². The number of fused-ring (bicyclic) bond motifs is 1. The van der Waals surface area contributed by atoms with E-state index in [1.54, 1.807) is 0 Å². The van der Waals surface area contributed by atoms with Gasteiger partial charge in [0.15, 0.2) is 5.82 Å². The average Bonchev–Trinajstić information content (AvgIpc) is 3.15. The lowest BCUT2D eigenvalue weighted by molar-refractivity contribution is -0.135. The fourth-order valence-corrected chi connectivity index (χ4v) is 3.91. The number of rotatable bonds is 2. The molecule has 2 aromatic rings. The molecule has 0 radical (unpaired) electrons. The summed E-state index contributed by atoms with van der Waals surface area (Å²) >= 11 is 0. The number of benzene rings is 1. The summed E-state index contributed by atoms with van der Waals surface area (Å²) in [4.78, 5) is 26.4. The molecule has 5 nitrogen and oxygen atoms in total. The zero-order valence-electron chi connectivity index (χ0n) is 14.2. The number of piperidine rings is 1. The molecule has 0 N–H and O–H groups in total. The molecule has 24 heavy (non-hydrogen) atoms. The van der Waals surface area contributed by atoms with Crippen LogP contribution in [0.25, 0.3) is 11.0 Å². The summed E-state index contributed by atoms with van der Waals surface area (Å²) < 4.78 is 0. The largest absolute Gasteiger partial charge is 0.355 e.